The van der Waals surface area contributed by atoms with Crippen molar-refractivity contribution in [1.82, 2.24) is 14.1 Å². The van der Waals surface area contributed by atoms with E-state index < -0.39 is 274 Å². The minimum absolute atomic E-state index is 0.0129. The Hall–Kier alpha value is -11.7. The van der Waals surface area contributed by atoms with Gasteiger partial charge in [0.15, 0.2) is 8.07 Å². The number of benzene rings is 13. The highest BCUT2D eigenvalue weighted by Crippen LogP contribution is 2.41. The van der Waals surface area contributed by atoms with Crippen LogP contribution in [0.1, 0.15) is 81.2 Å². The van der Waals surface area contributed by atoms with Gasteiger partial charge < -0.3 is 4.74 Å². The van der Waals surface area contributed by atoms with Crippen LogP contribution in [0.3, 0.4) is 0 Å². The second-order valence-corrected chi connectivity index (χ2v) is 26.6. The molecule has 0 bridgehead atoms. The normalized spacial score (nSPS) is 17.3. The first-order chi connectivity index (χ1) is 61.5. The summed E-state index contributed by atoms with van der Waals surface area (Å²) in [6.45, 7) is 2.84. The van der Waals surface area contributed by atoms with Crippen LogP contribution in [0.25, 0.3) is 106 Å². The predicted molar refractivity (Wildman–Crippen MR) is 397 cm³/mol. The van der Waals surface area contributed by atoms with Crippen LogP contribution in [0.15, 0.2) is 339 Å². The lowest BCUT2D eigenvalue weighted by Gasteiger charge is -2.34. The topological polar surface area (TPSA) is 35.9 Å². The Bertz CT molecular complexity index is 7290. The van der Waals surface area contributed by atoms with E-state index in [1.807, 2.05) is 39.0 Å². The van der Waals surface area contributed by atoms with Crippen LogP contribution in [-0.4, -0.2) is 22.2 Å². The van der Waals surface area contributed by atoms with Gasteiger partial charge >= 0.3 is 0 Å². The number of rotatable bonds is 14. The highest BCUT2D eigenvalue weighted by molar-refractivity contribution is 7.20. The van der Waals surface area contributed by atoms with Gasteiger partial charge in [-0.3, -0.25) is 13.7 Å². The van der Waals surface area contributed by atoms with E-state index in [1.165, 1.54) is 57.7 Å². The maximum atomic E-state index is 10.6. The van der Waals surface area contributed by atoms with Gasteiger partial charge in [0, 0.05) is 32.7 Å². The summed E-state index contributed by atoms with van der Waals surface area (Å²) in [5.74, 6) is 0.135. The van der Waals surface area contributed by atoms with Crippen molar-refractivity contribution in [2.45, 2.75) is 33.0 Å². The van der Waals surface area contributed by atoms with Gasteiger partial charge in [0.05, 0.1) is 78.7 Å². The molecule has 0 unspecified atom stereocenters. The van der Waals surface area contributed by atoms with Gasteiger partial charge in [-0.15, -0.1) is 0 Å². The molecule has 0 aliphatic carbocycles. The summed E-state index contributed by atoms with van der Waals surface area (Å²) in [7, 11) is -6.03. The quantitative estimate of drug-likeness (QED) is 0.0471. The third-order valence-corrected chi connectivity index (χ3v) is 20.6. The first kappa shape index (κ1) is 31.3. The zero-order valence-corrected chi connectivity index (χ0v) is 51.5. The minimum atomic E-state index is -6.03. The Kier molecular flexibility index (Phi) is 8.03. The first-order valence-electron chi connectivity index (χ1n) is 47.7. The molecule has 95 heavy (non-hydrogen) atoms. The fourth-order valence-corrected chi connectivity index (χ4v) is 15.8. The molecular formula is C89H68N4OSi. The molecule has 0 amide bonds. The number of hydrogen-bond donors (Lipinski definition) is 0. The Morgan fingerprint density at radius 2 is 1.00 bits per heavy atom. The van der Waals surface area contributed by atoms with E-state index >= 15 is 0 Å². The van der Waals surface area contributed by atoms with Gasteiger partial charge in [0.2, 0.25) is 0 Å². The zero-order chi connectivity index (χ0) is 95.3. The molecule has 0 aliphatic heterocycles. The molecule has 0 N–H and O–H groups in total. The third-order valence-electron chi connectivity index (χ3n) is 16.4. The largest absolute Gasteiger partial charge is 0.458 e. The lowest BCUT2D eigenvalue weighted by Crippen LogP contribution is -2.74. The van der Waals surface area contributed by atoms with E-state index in [2.05, 4.69) is 6.33 Å². The Morgan fingerprint density at radius 1 is 0.442 bits per heavy atom. The number of para-hydroxylation sites is 2. The van der Waals surface area contributed by atoms with Crippen LogP contribution in [0.5, 0.6) is 11.5 Å². The number of aryl methyl sites for hydroxylation is 1. The predicted octanol–water partition coefficient (Wildman–Crippen LogP) is 19.3. The third kappa shape index (κ3) is 10.7. The number of ether oxygens (including phenoxy) is 1. The van der Waals surface area contributed by atoms with Crippen molar-refractivity contribution < 1.29 is 58.7 Å². The monoisotopic (exact) mass is 1270 g/mol. The van der Waals surface area contributed by atoms with E-state index in [4.69, 9.17) is 33.0 Å². The molecule has 3 heterocycles. The van der Waals surface area contributed by atoms with Gasteiger partial charge in [-0.2, -0.15) is 0 Å². The van der Waals surface area contributed by atoms with Crippen LogP contribution in [-0.2, 0) is 5.41 Å². The molecule has 0 spiro atoms. The molecule has 0 saturated carbocycles. The Balaban J connectivity index is 1.05. The number of fused-ring (bicyclic) bond motifs is 4. The van der Waals surface area contributed by atoms with Crippen molar-refractivity contribution in [3.63, 3.8) is 0 Å². The van der Waals surface area contributed by atoms with Crippen LogP contribution < -0.4 is 30.1 Å². The fourth-order valence-electron chi connectivity index (χ4n) is 12.0. The van der Waals surface area contributed by atoms with Gasteiger partial charge in [-0.05, 0) is 155 Å². The molecule has 16 rings (SSSR count). The maximum Gasteiger partial charge on any atom is 0.269 e. The number of aromatic nitrogens is 4. The highest BCUT2D eigenvalue weighted by atomic mass is 28.3. The van der Waals surface area contributed by atoms with Gasteiger partial charge in [-0.25, -0.2) is 4.98 Å². The van der Waals surface area contributed by atoms with Crippen molar-refractivity contribution in [3.8, 4) is 84.3 Å². The molecule has 5 nitrogen and oxygen atoms in total. The molecule has 0 aliphatic rings. The van der Waals surface area contributed by atoms with E-state index in [0.29, 0.717) is 27.4 Å². The average molecular weight is 1270 g/mol. The number of nitrogens with zero attached hydrogens (tertiary/aromatic N) is 4. The summed E-state index contributed by atoms with van der Waals surface area (Å²) >= 11 is 0. The van der Waals surface area contributed by atoms with Crippen molar-refractivity contribution >= 4 is 61.7 Å². The van der Waals surface area contributed by atoms with Gasteiger partial charge in [0.1, 0.15) is 17.3 Å². The van der Waals surface area contributed by atoms with E-state index in [0.717, 1.165) is 11.8 Å². The summed E-state index contributed by atoms with van der Waals surface area (Å²) in [4.78, 5) is 4.72. The molecule has 0 saturated heterocycles. The molecule has 6 heteroatoms. The summed E-state index contributed by atoms with van der Waals surface area (Å²) in [5, 5.41) is -1.69. The SMILES string of the molecule is [2H]c1c([2H])c([2H])c(-c2cnc(-n3c4ccccc4c4ccc(Oc5cccc(-n6[c-][n+](-c7c(-c8cccc(C(C)(C)C)c8)cccc7-c7c([2H])c(-c8c([2H])c([2H])c([2H])c([2H])c8[2H])c([2H])c(-c8c([2H])c([2H])c([2H])c([2H])c8[2H])c7[2H])c7ccc([Si](c8c([2H])c([2H])c([2H])c([2H])c8[2H])(c8c([2H])c([2H])c([2H])c([2H])c8[2H])c8c([2H])c([2H])c([2H])c([2H])c8[2H])cc76)c5)cc43)cc2C([2H])([2H])[2H])c([2H])c1[2H]. The highest BCUT2D eigenvalue weighted by Gasteiger charge is 2.42. The van der Waals surface area contributed by atoms with Crippen LogP contribution in [0, 0.1) is 13.2 Å². The second-order valence-electron chi connectivity index (χ2n) is 23.0. The number of hydrogen-bond acceptors (Lipinski definition) is 2. The van der Waals surface area contributed by atoms with E-state index in [1.54, 1.807) is 71.3 Å². The number of pyridine rings is 1. The van der Waals surface area contributed by atoms with Crippen LogP contribution in [0.2, 0.25) is 0 Å². The molecule has 0 fully saturated rings. The molecule has 454 valence electrons. The van der Waals surface area contributed by atoms with Crippen LogP contribution in [0.4, 0.5) is 0 Å². The summed E-state index contributed by atoms with van der Waals surface area (Å²) in [6, 6.07) is 3.76. The fraction of sp³-hybridized carbons (Fsp3) is 0.0562. The zero-order valence-electron chi connectivity index (χ0n) is 86.5. The summed E-state index contributed by atoms with van der Waals surface area (Å²) in [6.07, 6.45) is 4.58. The Labute approximate surface area is 607 Å². The summed E-state index contributed by atoms with van der Waals surface area (Å²) in [5.41, 5.74) is -3.60. The molecule has 13 aromatic carbocycles. The van der Waals surface area contributed by atoms with E-state index in [9.17, 15) is 26.0 Å². The van der Waals surface area contributed by atoms with E-state index in [-0.39, 0.29) is 61.6 Å². The molecular weight excluding hydrogens is 1170 g/mol. The lowest BCUT2D eigenvalue weighted by molar-refractivity contribution is -0.571. The maximum absolute atomic E-state index is 10.6. The van der Waals surface area contributed by atoms with Crippen molar-refractivity contribution in [2.24, 2.45) is 0 Å². The minimum Gasteiger partial charge on any atom is -0.458 e. The number of imidazole rings is 1. The molecule has 3 aromatic heterocycles. The van der Waals surface area contributed by atoms with Gasteiger partial charge in [-0.1, -0.05) is 287 Å². The average Bonchev–Trinajstić information content (AvgIpc) is 1.02. The van der Waals surface area contributed by atoms with Crippen molar-refractivity contribution in [1.29, 1.82) is 0 Å². The summed E-state index contributed by atoms with van der Waals surface area (Å²) < 4.78 is 345. The smallest absolute Gasteiger partial charge is 0.269 e. The molecule has 0 radical (unpaired) electrons. The first-order valence-corrected chi connectivity index (χ1v) is 31.7. The Morgan fingerprint density at radius 3 is 1.63 bits per heavy atom. The van der Waals surface area contributed by atoms with Crippen molar-refractivity contribution in [3.05, 3.63) is 357 Å². The standard InChI is InChI=1S/C89H68N4OSi/c1-62-52-87(90-60-82(62)65-32-15-7-16-33-65)93-83-47-24-23-44-80(83)81-50-48-73(58-85(81)93)94-72-37-26-36-71(57-72)91-61-92(84-51-49-77(59-86(84)91)95(74-38-17-8-18-39-74,75-40-19-9-20-41-75)76-42-21-10-22-43-76)88-78(66-34-25-35-70(56-66)89(2,3)4)45-27-46-79(88)69-54-67(63-28-11-5-12-29-63)53-68(55-69)64-30-13-6-14-31-64/h5-60H,1-4H3/i1D3,5D,6D,7D,8D,9D,10D,11D,12D,13D,14D,15D,16D,17D,18D,19D,20D,21D,22D,28D,29D,30D,31D,32D,33D,38D,39D,40D,41D,42D,43D,53D,54D,55D. The molecule has 0 atom stereocenters. The van der Waals surface area contributed by atoms with Crippen molar-refractivity contribution in [2.75, 3.05) is 0 Å². The lowest BCUT2D eigenvalue weighted by atomic mass is 9.84. The van der Waals surface area contributed by atoms with Gasteiger partial charge in [0.25, 0.3) is 6.33 Å². The van der Waals surface area contributed by atoms with Crippen LogP contribution >= 0.6 is 0 Å². The second kappa shape index (κ2) is 24.4. The molecule has 16 aromatic rings.